The SMILES string of the molecule is CCOC(=O)C1(C(=O)N[C@@H](Cc2ccccc2)C(=O)NC)CO1. The van der Waals surface area contributed by atoms with Gasteiger partial charge in [0, 0.05) is 13.5 Å². The molecule has 23 heavy (non-hydrogen) atoms. The number of hydrogen-bond acceptors (Lipinski definition) is 5. The third-order valence-electron chi connectivity index (χ3n) is 3.56. The van der Waals surface area contributed by atoms with Crippen molar-refractivity contribution in [1.29, 1.82) is 0 Å². The normalized spacial score (nSPS) is 20.3. The lowest BCUT2D eigenvalue weighted by Crippen LogP contribution is -2.53. The Kier molecular flexibility index (Phi) is 5.33. The molecule has 0 radical (unpaired) electrons. The van der Waals surface area contributed by atoms with Gasteiger partial charge in [-0.15, -0.1) is 0 Å². The molecular formula is C16H20N2O5. The second-order valence-corrected chi connectivity index (χ2v) is 5.17. The van der Waals surface area contributed by atoms with E-state index in [4.69, 9.17) is 9.47 Å². The second kappa shape index (κ2) is 7.23. The summed E-state index contributed by atoms with van der Waals surface area (Å²) < 4.78 is 9.87. The summed E-state index contributed by atoms with van der Waals surface area (Å²) >= 11 is 0. The summed E-state index contributed by atoms with van der Waals surface area (Å²) in [5.74, 6) is -1.73. The van der Waals surface area contributed by atoms with Gasteiger partial charge in [0.15, 0.2) is 0 Å². The average Bonchev–Trinajstić information content (AvgIpc) is 3.36. The Morgan fingerprint density at radius 3 is 2.48 bits per heavy atom. The number of carbonyl (C=O) groups is 3. The largest absolute Gasteiger partial charge is 0.463 e. The lowest BCUT2D eigenvalue weighted by Gasteiger charge is -2.19. The molecule has 2 amide bonds. The molecule has 124 valence electrons. The first-order chi connectivity index (χ1) is 11.0. The quantitative estimate of drug-likeness (QED) is 0.412. The van der Waals surface area contributed by atoms with Crippen molar-refractivity contribution in [2.45, 2.75) is 25.0 Å². The standard InChI is InChI=1S/C16H20N2O5/c1-3-22-15(21)16(10-23-16)14(20)18-12(13(19)17-2)9-11-7-5-4-6-8-11/h4-8,12H,3,9-10H2,1-2H3,(H,17,19)(H,18,20)/t12-,16?/m0/s1. The molecule has 2 N–H and O–H groups in total. The highest BCUT2D eigenvalue weighted by molar-refractivity contribution is 6.09. The highest BCUT2D eigenvalue weighted by Gasteiger charge is 2.61. The van der Waals surface area contributed by atoms with Crippen LogP contribution in [0.25, 0.3) is 0 Å². The number of amides is 2. The van der Waals surface area contributed by atoms with Crippen molar-refractivity contribution in [2.24, 2.45) is 0 Å². The molecule has 0 aliphatic carbocycles. The van der Waals surface area contributed by atoms with Crippen LogP contribution in [0, 0.1) is 0 Å². The molecule has 2 atom stereocenters. The summed E-state index contributed by atoms with van der Waals surface area (Å²) in [6, 6.07) is 8.48. The highest BCUT2D eigenvalue weighted by Crippen LogP contribution is 2.29. The Morgan fingerprint density at radius 2 is 1.96 bits per heavy atom. The number of hydrogen-bond donors (Lipinski definition) is 2. The number of nitrogens with one attached hydrogen (secondary N) is 2. The van der Waals surface area contributed by atoms with Crippen molar-refractivity contribution in [3.8, 4) is 0 Å². The molecule has 1 aliphatic rings. The molecule has 1 aliphatic heterocycles. The van der Waals surface area contributed by atoms with Crippen LogP contribution in [0.1, 0.15) is 12.5 Å². The first-order valence-electron chi connectivity index (χ1n) is 7.41. The summed E-state index contributed by atoms with van der Waals surface area (Å²) in [6.45, 7) is 1.76. The van der Waals surface area contributed by atoms with E-state index >= 15 is 0 Å². The summed E-state index contributed by atoms with van der Waals surface area (Å²) in [6.07, 6.45) is 0.311. The zero-order valence-electron chi connectivity index (χ0n) is 13.1. The van der Waals surface area contributed by atoms with Gasteiger partial charge in [-0.25, -0.2) is 4.79 Å². The molecule has 1 unspecified atom stereocenters. The predicted octanol–water partition coefficient (Wildman–Crippen LogP) is -0.208. The number of likely N-dealkylation sites (N-methyl/N-ethyl adjacent to an activating group) is 1. The van der Waals surface area contributed by atoms with E-state index in [1.165, 1.54) is 7.05 Å². The van der Waals surface area contributed by atoms with E-state index in [0.29, 0.717) is 6.42 Å². The summed E-state index contributed by atoms with van der Waals surface area (Å²) in [5, 5.41) is 5.09. The van der Waals surface area contributed by atoms with Crippen LogP contribution >= 0.6 is 0 Å². The maximum absolute atomic E-state index is 12.3. The molecule has 0 bridgehead atoms. The zero-order valence-corrected chi connectivity index (χ0v) is 13.1. The molecule has 0 aromatic heterocycles. The minimum Gasteiger partial charge on any atom is -0.463 e. The van der Waals surface area contributed by atoms with E-state index in [-0.39, 0.29) is 19.1 Å². The number of esters is 1. The predicted molar refractivity (Wildman–Crippen MR) is 81.5 cm³/mol. The third kappa shape index (κ3) is 3.87. The first kappa shape index (κ1) is 17.0. The Labute approximate surface area is 134 Å². The van der Waals surface area contributed by atoms with Crippen LogP contribution in [0.15, 0.2) is 30.3 Å². The van der Waals surface area contributed by atoms with Crippen molar-refractivity contribution in [3.63, 3.8) is 0 Å². The van der Waals surface area contributed by atoms with Crippen molar-refractivity contribution in [2.75, 3.05) is 20.3 Å². The Bertz CT molecular complexity index is 583. The fraction of sp³-hybridized carbons (Fsp3) is 0.438. The van der Waals surface area contributed by atoms with E-state index in [1.54, 1.807) is 6.92 Å². The summed E-state index contributed by atoms with van der Waals surface area (Å²) in [5.41, 5.74) is -0.720. The molecule has 1 aromatic carbocycles. The molecule has 0 saturated carbocycles. The average molecular weight is 320 g/mol. The van der Waals surface area contributed by atoms with E-state index in [2.05, 4.69) is 10.6 Å². The maximum atomic E-state index is 12.3. The molecule has 7 nitrogen and oxygen atoms in total. The van der Waals surface area contributed by atoms with E-state index in [0.717, 1.165) is 5.56 Å². The van der Waals surface area contributed by atoms with Gasteiger partial charge >= 0.3 is 5.97 Å². The molecule has 7 heteroatoms. The van der Waals surface area contributed by atoms with Gasteiger partial charge in [-0.05, 0) is 12.5 Å². The van der Waals surface area contributed by atoms with Crippen LogP contribution in [0.3, 0.4) is 0 Å². The Hall–Kier alpha value is -2.41. The molecule has 2 rings (SSSR count). The van der Waals surface area contributed by atoms with Gasteiger partial charge < -0.3 is 20.1 Å². The molecule has 1 fully saturated rings. The van der Waals surface area contributed by atoms with Crippen LogP contribution in [-0.2, 0) is 30.3 Å². The van der Waals surface area contributed by atoms with Gasteiger partial charge in [-0.3, -0.25) is 9.59 Å². The summed E-state index contributed by atoms with van der Waals surface area (Å²) in [4.78, 5) is 36.2. The van der Waals surface area contributed by atoms with Crippen LogP contribution in [0.4, 0.5) is 0 Å². The molecule has 1 aromatic rings. The Balaban J connectivity index is 2.07. The van der Waals surface area contributed by atoms with Crippen LogP contribution in [-0.4, -0.2) is 49.7 Å². The van der Waals surface area contributed by atoms with Crippen LogP contribution < -0.4 is 10.6 Å². The maximum Gasteiger partial charge on any atom is 0.350 e. The number of epoxide rings is 1. The zero-order chi connectivity index (χ0) is 16.9. The van der Waals surface area contributed by atoms with E-state index in [9.17, 15) is 14.4 Å². The highest BCUT2D eigenvalue weighted by atomic mass is 16.6. The van der Waals surface area contributed by atoms with Gasteiger partial charge in [-0.1, -0.05) is 30.3 Å². The van der Waals surface area contributed by atoms with Crippen molar-refractivity contribution in [3.05, 3.63) is 35.9 Å². The van der Waals surface area contributed by atoms with Crippen molar-refractivity contribution < 1.29 is 23.9 Å². The van der Waals surface area contributed by atoms with Gasteiger partial charge in [0.25, 0.3) is 11.5 Å². The van der Waals surface area contributed by atoms with Crippen molar-refractivity contribution in [1.82, 2.24) is 10.6 Å². The smallest absolute Gasteiger partial charge is 0.350 e. The molecule has 1 saturated heterocycles. The van der Waals surface area contributed by atoms with Crippen LogP contribution in [0.5, 0.6) is 0 Å². The Morgan fingerprint density at radius 1 is 1.30 bits per heavy atom. The first-order valence-corrected chi connectivity index (χ1v) is 7.41. The van der Waals surface area contributed by atoms with Crippen LogP contribution in [0.2, 0.25) is 0 Å². The molecule has 0 spiro atoms. The minimum absolute atomic E-state index is 0.0382. The molecule has 1 heterocycles. The third-order valence-corrected chi connectivity index (χ3v) is 3.56. The number of ether oxygens (including phenoxy) is 2. The van der Waals surface area contributed by atoms with Gasteiger partial charge in [0.05, 0.1) is 13.2 Å². The van der Waals surface area contributed by atoms with Gasteiger partial charge in [0.1, 0.15) is 6.04 Å². The number of rotatable bonds is 7. The fourth-order valence-corrected chi connectivity index (χ4v) is 2.17. The summed E-state index contributed by atoms with van der Waals surface area (Å²) in [7, 11) is 1.49. The lowest BCUT2D eigenvalue weighted by atomic mass is 10.0. The van der Waals surface area contributed by atoms with Gasteiger partial charge in [0.2, 0.25) is 5.91 Å². The minimum atomic E-state index is -1.61. The number of benzene rings is 1. The molecular weight excluding hydrogens is 300 g/mol. The fourth-order valence-electron chi connectivity index (χ4n) is 2.17. The van der Waals surface area contributed by atoms with Gasteiger partial charge in [-0.2, -0.15) is 0 Å². The lowest BCUT2D eigenvalue weighted by molar-refractivity contribution is -0.154. The van der Waals surface area contributed by atoms with E-state index < -0.39 is 23.5 Å². The van der Waals surface area contributed by atoms with E-state index in [1.807, 2.05) is 30.3 Å². The second-order valence-electron chi connectivity index (χ2n) is 5.17. The van der Waals surface area contributed by atoms with Crippen molar-refractivity contribution >= 4 is 17.8 Å². The topological polar surface area (TPSA) is 97.0 Å². The monoisotopic (exact) mass is 320 g/mol. The number of carbonyl (C=O) groups excluding carboxylic acids is 3.